The fraction of sp³-hybridized carbons (Fsp3) is 1.00. The van der Waals surface area contributed by atoms with Gasteiger partial charge in [-0.3, -0.25) is 9.05 Å². The lowest BCUT2D eigenvalue weighted by molar-refractivity contribution is -0.125. The van der Waals surface area contributed by atoms with Gasteiger partial charge in [0, 0.05) is 21.3 Å². The van der Waals surface area contributed by atoms with E-state index in [0.717, 1.165) is 0 Å². The number of halogens is 4. The summed E-state index contributed by atoms with van der Waals surface area (Å²) < 4.78 is 39.7. The van der Waals surface area contributed by atoms with E-state index < -0.39 is 26.8 Å². The number of rotatable bonds is 8. The van der Waals surface area contributed by atoms with Crippen molar-refractivity contribution in [3.05, 3.63) is 0 Å². The van der Waals surface area contributed by atoms with E-state index in [1.807, 2.05) is 0 Å². The molecule has 1 aliphatic heterocycles. The summed E-state index contributed by atoms with van der Waals surface area (Å²) >= 11 is 13.3. The molecule has 1 heterocycles. The number of hydrogen-bond donors (Lipinski definition) is 2. The minimum atomic E-state index is -4.77. The molecule has 0 aromatic heterocycles. The Kier molecular flexibility index (Phi) is 9.49. The van der Waals surface area contributed by atoms with Crippen LogP contribution in [0.2, 0.25) is 0 Å². The second-order valence-corrected chi connectivity index (χ2v) is 11.0. The van der Waals surface area contributed by atoms with Gasteiger partial charge in [-0.15, -0.1) is 0 Å². The maximum absolute atomic E-state index is 12.2. The van der Waals surface area contributed by atoms with Crippen LogP contribution in [0.1, 0.15) is 25.7 Å². The Labute approximate surface area is 169 Å². The third kappa shape index (κ3) is 5.83. The Morgan fingerprint density at radius 2 is 0.957 bits per heavy atom. The maximum Gasteiger partial charge on any atom is 0.481 e. The van der Waals surface area contributed by atoms with Crippen LogP contribution in [0.25, 0.3) is 0 Å². The van der Waals surface area contributed by atoms with E-state index in [9.17, 15) is 18.9 Å². The third-order valence-corrected chi connectivity index (χ3v) is 8.01. The molecule has 13 heteroatoms. The average Bonchev–Trinajstić information content (AvgIpc) is 2.42. The highest BCUT2D eigenvalue weighted by Crippen LogP contribution is 2.70. The lowest BCUT2D eigenvalue weighted by atomic mass is 9.75. The number of phosphoric ester groups is 2. The van der Waals surface area contributed by atoms with E-state index in [1.54, 1.807) is 0 Å². The highest BCUT2D eigenvalue weighted by atomic mass is 79.9. The van der Waals surface area contributed by atoms with E-state index in [-0.39, 0.29) is 0 Å². The molecule has 0 radical (unpaired) electrons. The minimum absolute atomic E-state index is 0.298. The van der Waals surface area contributed by atoms with Crippen molar-refractivity contribution in [3.63, 3.8) is 0 Å². The van der Waals surface area contributed by atoms with E-state index in [4.69, 9.17) is 9.05 Å². The fourth-order valence-corrected chi connectivity index (χ4v) is 8.18. The summed E-state index contributed by atoms with van der Waals surface area (Å²) in [5.41, 5.74) is -2.55. The fourth-order valence-electron chi connectivity index (χ4n) is 2.73. The van der Waals surface area contributed by atoms with Crippen molar-refractivity contribution >= 4 is 79.4 Å². The van der Waals surface area contributed by atoms with Gasteiger partial charge in [-0.05, 0) is 25.7 Å². The first-order valence-electron chi connectivity index (χ1n) is 6.64. The first-order chi connectivity index (χ1) is 10.6. The van der Waals surface area contributed by atoms with Gasteiger partial charge in [-0.1, -0.05) is 63.7 Å². The topological polar surface area (TPSA) is 102 Å². The lowest BCUT2D eigenvalue weighted by Crippen LogP contribution is -2.57. The van der Waals surface area contributed by atoms with E-state index in [1.165, 1.54) is 0 Å². The molecule has 0 aromatic rings. The second-order valence-electron chi connectivity index (χ2n) is 4.95. The molecule has 2 atom stereocenters. The van der Waals surface area contributed by atoms with Crippen LogP contribution in [-0.4, -0.2) is 42.3 Å². The normalized spacial score (nSPS) is 33.3. The molecule has 23 heavy (non-hydrogen) atoms. The number of phosphoric acid groups is 2. The molecule has 2 N–H and O–H groups in total. The van der Waals surface area contributed by atoms with Gasteiger partial charge in [0.15, 0.2) is 0 Å². The first-order valence-corrected chi connectivity index (χ1v) is 14.1. The van der Waals surface area contributed by atoms with Crippen molar-refractivity contribution in [3.8, 4) is 0 Å². The van der Waals surface area contributed by atoms with Crippen molar-refractivity contribution in [1.82, 2.24) is 0 Å². The van der Waals surface area contributed by atoms with Crippen LogP contribution in [0, 0.1) is 0 Å². The summed E-state index contributed by atoms with van der Waals surface area (Å²) in [5, 5.41) is 1.80. The summed E-state index contributed by atoms with van der Waals surface area (Å²) in [4.78, 5) is 19.8. The van der Waals surface area contributed by atoms with Crippen molar-refractivity contribution in [2.24, 2.45) is 0 Å². The highest BCUT2D eigenvalue weighted by Gasteiger charge is 2.62. The van der Waals surface area contributed by atoms with E-state index in [2.05, 4.69) is 68.0 Å². The Morgan fingerprint density at radius 3 is 1.17 bits per heavy atom. The van der Waals surface area contributed by atoms with Gasteiger partial charge < -0.3 is 9.79 Å². The zero-order valence-electron chi connectivity index (χ0n) is 12.0. The summed E-state index contributed by atoms with van der Waals surface area (Å²) in [5.74, 6) is 0. The molecular weight excluding hydrogens is 614 g/mol. The van der Waals surface area contributed by atoms with Crippen LogP contribution in [0.5, 0.6) is 0 Å². The van der Waals surface area contributed by atoms with Gasteiger partial charge in [0.05, 0.1) is 0 Å². The first kappa shape index (κ1) is 23.2. The van der Waals surface area contributed by atoms with Crippen LogP contribution in [0.15, 0.2) is 0 Å². The van der Waals surface area contributed by atoms with Gasteiger partial charge in [0.2, 0.25) is 0 Å². The van der Waals surface area contributed by atoms with Crippen molar-refractivity contribution in [2.45, 2.75) is 36.9 Å². The Morgan fingerprint density at radius 1 is 0.696 bits per heavy atom. The predicted octanol–water partition coefficient (Wildman–Crippen LogP) is 4.87. The molecule has 0 aromatic carbocycles. The molecule has 0 saturated carbocycles. The van der Waals surface area contributed by atoms with Crippen LogP contribution in [0.3, 0.4) is 0 Å². The Bertz CT molecular complexity index is 438. The van der Waals surface area contributed by atoms with Gasteiger partial charge >= 0.3 is 15.6 Å². The van der Waals surface area contributed by atoms with Gasteiger partial charge in [-0.25, -0.2) is 9.13 Å². The van der Waals surface area contributed by atoms with Crippen molar-refractivity contribution in [1.29, 1.82) is 0 Å². The summed E-state index contributed by atoms with van der Waals surface area (Å²) in [6.07, 6.45) is 1.19. The molecule has 0 aliphatic carbocycles. The molecule has 0 bridgehead atoms. The Balaban J connectivity index is 3.56. The lowest BCUT2D eigenvalue weighted by Gasteiger charge is -2.47. The Hall–Kier alpha value is 2.18. The largest absolute Gasteiger partial charge is 0.481 e. The highest BCUT2D eigenvalue weighted by molar-refractivity contribution is 9.09. The molecule has 1 saturated heterocycles. The maximum atomic E-state index is 12.2. The second kappa shape index (κ2) is 9.40. The molecule has 0 spiro atoms. The average molecular weight is 632 g/mol. The third-order valence-electron chi connectivity index (χ3n) is 3.61. The molecule has 7 nitrogen and oxygen atoms in total. The van der Waals surface area contributed by atoms with Crippen molar-refractivity contribution in [2.75, 3.05) is 21.3 Å². The zero-order chi connectivity index (χ0) is 17.8. The summed E-state index contributed by atoms with van der Waals surface area (Å²) in [7, 11) is -9.54. The molecule has 1 rings (SSSR count). The number of alkyl halides is 4. The minimum Gasteiger partial charge on any atom is -0.302 e. The van der Waals surface area contributed by atoms with E-state index >= 15 is 0 Å². The monoisotopic (exact) mass is 628 g/mol. The summed E-state index contributed by atoms with van der Waals surface area (Å²) in [6, 6.07) is 0. The van der Waals surface area contributed by atoms with Crippen LogP contribution in [0.4, 0.5) is 0 Å². The SMILES string of the molecule is O=P1(O)OC(CCBr)(CCBr)C(CCBr)(CCBr)OP(=O)(O)O1. The molecular formula is C10H18Br4O7P2. The molecule has 1 aliphatic rings. The standard InChI is InChI=1S/C10H18Br4O7P2/c11-5-1-9(2-6-12)10(3-7-13,4-8-14)20-23(17,18)21-22(15,16)19-9/h1-8H2,(H,15,16)(H,17,18). The molecule has 2 unspecified atom stereocenters. The zero-order valence-corrected chi connectivity index (χ0v) is 20.1. The predicted molar refractivity (Wildman–Crippen MR) is 102 cm³/mol. The smallest absolute Gasteiger partial charge is 0.302 e. The van der Waals surface area contributed by atoms with Crippen LogP contribution >= 0.6 is 79.4 Å². The van der Waals surface area contributed by atoms with E-state index in [0.29, 0.717) is 47.0 Å². The number of hydrogen-bond acceptors (Lipinski definition) is 5. The van der Waals surface area contributed by atoms with Crippen LogP contribution < -0.4 is 0 Å². The van der Waals surface area contributed by atoms with Crippen molar-refractivity contribution < 1.29 is 32.3 Å². The summed E-state index contributed by atoms with van der Waals surface area (Å²) in [6.45, 7) is 0. The quantitative estimate of drug-likeness (QED) is 0.291. The molecule has 138 valence electrons. The van der Waals surface area contributed by atoms with Crippen LogP contribution in [-0.2, 0) is 22.5 Å². The van der Waals surface area contributed by atoms with Gasteiger partial charge in [0.25, 0.3) is 0 Å². The van der Waals surface area contributed by atoms with Gasteiger partial charge in [-0.2, -0.15) is 4.31 Å². The molecule has 1 fully saturated rings. The van der Waals surface area contributed by atoms with Gasteiger partial charge in [0.1, 0.15) is 11.2 Å². The molecule has 0 amide bonds.